The number of halogens is 1. The van der Waals surface area contributed by atoms with E-state index in [0.717, 1.165) is 15.5 Å². The number of nitrogens with two attached hydrogens (primary N) is 1. The monoisotopic (exact) mass is 445 g/mol. The van der Waals surface area contributed by atoms with Gasteiger partial charge in [-0.15, -0.1) is 22.7 Å². The Kier molecular flexibility index (Phi) is 5.66. The van der Waals surface area contributed by atoms with E-state index >= 15 is 0 Å². The summed E-state index contributed by atoms with van der Waals surface area (Å²) in [6.07, 6.45) is 0.619. The Labute approximate surface area is 180 Å². The van der Waals surface area contributed by atoms with Crippen molar-refractivity contribution in [2.75, 3.05) is 12.3 Å². The van der Waals surface area contributed by atoms with Crippen LogP contribution in [0.4, 0.5) is 5.69 Å². The number of esters is 1. The third kappa shape index (κ3) is 4.19. The number of anilines is 1. The maximum Gasteiger partial charge on any atom is 0.338 e. The highest BCUT2D eigenvalue weighted by Gasteiger charge is 2.34. The van der Waals surface area contributed by atoms with Crippen LogP contribution in [0.5, 0.6) is 0 Å². The molecular formula is C20H16ClN3O3S2. The van der Waals surface area contributed by atoms with Gasteiger partial charge >= 0.3 is 5.97 Å². The molecule has 29 heavy (non-hydrogen) atoms. The topological polar surface area (TPSA) is 85.0 Å². The lowest BCUT2D eigenvalue weighted by Gasteiger charge is -2.20. The number of amides is 1. The number of nitrogens with zero attached hydrogens (tertiary/aromatic N) is 2. The fourth-order valence-corrected chi connectivity index (χ4v) is 4.63. The van der Waals surface area contributed by atoms with Crippen LogP contribution in [0, 0.1) is 0 Å². The van der Waals surface area contributed by atoms with Gasteiger partial charge in [-0.05, 0) is 41.1 Å². The summed E-state index contributed by atoms with van der Waals surface area (Å²) in [5.74, 6) is -1.03. The fourth-order valence-electron chi connectivity index (χ4n) is 2.98. The van der Waals surface area contributed by atoms with Crippen molar-refractivity contribution in [1.82, 2.24) is 5.01 Å². The summed E-state index contributed by atoms with van der Waals surface area (Å²) >= 11 is 9.01. The van der Waals surface area contributed by atoms with Crippen molar-refractivity contribution in [1.29, 1.82) is 0 Å². The lowest BCUT2D eigenvalue weighted by molar-refractivity contribution is -0.136. The SMILES string of the molecule is Nc1cc(C(=O)OCC(=O)N2N=C(c3cccs3)CC2c2cccs2)ccc1Cl. The van der Waals surface area contributed by atoms with Gasteiger partial charge in [0.05, 0.1) is 32.9 Å². The highest BCUT2D eigenvalue weighted by molar-refractivity contribution is 7.12. The van der Waals surface area contributed by atoms with Crippen molar-refractivity contribution in [3.8, 4) is 0 Å². The first-order valence-electron chi connectivity index (χ1n) is 8.72. The quantitative estimate of drug-likeness (QED) is 0.460. The van der Waals surface area contributed by atoms with Crippen LogP contribution in [0.1, 0.15) is 32.6 Å². The predicted octanol–water partition coefficient (Wildman–Crippen LogP) is 4.58. The molecule has 1 aliphatic rings. The molecule has 2 N–H and O–H groups in total. The van der Waals surface area contributed by atoms with E-state index in [0.29, 0.717) is 11.4 Å². The summed E-state index contributed by atoms with van der Waals surface area (Å²) in [5, 5.41) is 10.2. The molecule has 1 unspecified atom stereocenters. The molecule has 6 nitrogen and oxygen atoms in total. The number of thiophene rings is 2. The maximum atomic E-state index is 12.8. The zero-order chi connectivity index (χ0) is 20.4. The van der Waals surface area contributed by atoms with E-state index in [-0.39, 0.29) is 23.2 Å². The Morgan fingerprint density at radius 2 is 2.00 bits per heavy atom. The van der Waals surface area contributed by atoms with Crippen LogP contribution in [0.15, 0.2) is 58.3 Å². The second-order valence-electron chi connectivity index (χ2n) is 6.31. The van der Waals surface area contributed by atoms with Gasteiger partial charge < -0.3 is 10.5 Å². The fraction of sp³-hybridized carbons (Fsp3) is 0.150. The molecule has 0 fully saturated rings. The van der Waals surface area contributed by atoms with Gasteiger partial charge in [-0.2, -0.15) is 5.10 Å². The number of hydrogen-bond donors (Lipinski definition) is 1. The minimum Gasteiger partial charge on any atom is -0.452 e. The third-order valence-electron chi connectivity index (χ3n) is 4.40. The van der Waals surface area contributed by atoms with Gasteiger partial charge in [0.2, 0.25) is 0 Å². The largest absolute Gasteiger partial charge is 0.452 e. The van der Waals surface area contributed by atoms with Gasteiger partial charge in [0.25, 0.3) is 5.91 Å². The molecule has 9 heteroatoms. The number of carbonyl (C=O) groups is 2. The Morgan fingerprint density at radius 3 is 2.69 bits per heavy atom. The molecule has 1 amide bonds. The van der Waals surface area contributed by atoms with Gasteiger partial charge in [-0.1, -0.05) is 23.7 Å². The Morgan fingerprint density at radius 1 is 1.21 bits per heavy atom. The van der Waals surface area contributed by atoms with E-state index in [1.54, 1.807) is 22.7 Å². The van der Waals surface area contributed by atoms with Crippen molar-refractivity contribution in [2.24, 2.45) is 5.10 Å². The number of nitrogen functional groups attached to an aromatic ring is 1. The van der Waals surface area contributed by atoms with E-state index < -0.39 is 12.6 Å². The summed E-state index contributed by atoms with van der Waals surface area (Å²) in [6, 6.07) is 12.1. The Bertz CT molecular complexity index is 1060. The molecule has 4 rings (SSSR count). The number of rotatable bonds is 5. The highest BCUT2D eigenvalue weighted by atomic mass is 35.5. The van der Waals surface area contributed by atoms with Gasteiger partial charge in [-0.25, -0.2) is 9.80 Å². The maximum absolute atomic E-state index is 12.8. The minimum absolute atomic E-state index is 0.204. The van der Waals surface area contributed by atoms with Crippen LogP contribution in [0.25, 0.3) is 0 Å². The number of hydrogen-bond acceptors (Lipinski definition) is 7. The molecular weight excluding hydrogens is 430 g/mol. The molecule has 2 aromatic heterocycles. The van der Waals surface area contributed by atoms with Crippen LogP contribution in [0.2, 0.25) is 5.02 Å². The lowest BCUT2D eigenvalue weighted by atomic mass is 10.1. The molecule has 1 aliphatic heterocycles. The summed E-state index contributed by atoms with van der Waals surface area (Å²) < 4.78 is 5.20. The van der Waals surface area contributed by atoms with Gasteiger partial charge in [0, 0.05) is 11.3 Å². The van der Waals surface area contributed by atoms with E-state index in [9.17, 15) is 9.59 Å². The molecule has 148 valence electrons. The molecule has 1 atom stereocenters. The summed E-state index contributed by atoms with van der Waals surface area (Å²) in [5.41, 5.74) is 7.08. The number of carbonyl (C=O) groups excluding carboxylic acids is 2. The smallest absolute Gasteiger partial charge is 0.338 e. The molecule has 0 saturated heterocycles. The average molecular weight is 446 g/mol. The first-order valence-corrected chi connectivity index (χ1v) is 10.9. The van der Waals surface area contributed by atoms with Crippen LogP contribution in [-0.4, -0.2) is 29.2 Å². The average Bonchev–Trinajstić information content (AvgIpc) is 3.48. The van der Waals surface area contributed by atoms with E-state index in [2.05, 4.69) is 5.10 Å². The second kappa shape index (κ2) is 8.36. The van der Waals surface area contributed by atoms with Crippen LogP contribution in [-0.2, 0) is 9.53 Å². The molecule has 0 radical (unpaired) electrons. The molecule has 0 spiro atoms. The normalized spacial score (nSPS) is 16.0. The Balaban J connectivity index is 1.49. The molecule has 0 aliphatic carbocycles. The van der Waals surface area contributed by atoms with Crippen molar-refractivity contribution < 1.29 is 14.3 Å². The van der Waals surface area contributed by atoms with Crippen LogP contribution < -0.4 is 5.73 Å². The van der Waals surface area contributed by atoms with Crippen molar-refractivity contribution in [3.05, 3.63) is 73.6 Å². The van der Waals surface area contributed by atoms with E-state index in [1.165, 1.54) is 23.2 Å². The molecule has 0 saturated carbocycles. The van der Waals surface area contributed by atoms with Crippen LogP contribution >= 0.6 is 34.3 Å². The first-order chi connectivity index (χ1) is 14.0. The summed E-state index contributed by atoms with van der Waals surface area (Å²) in [6.45, 7) is -0.412. The zero-order valence-electron chi connectivity index (χ0n) is 15.1. The summed E-state index contributed by atoms with van der Waals surface area (Å²) in [4.78, 5) is 27.1. The molecule has 3 aromatic rings. The molecule has 0 bridgehead atoms. The van der Waals surface area contributed by atoms with Gasteiger partial charge in [0.1, 0.15) is 0 Å². The molecule has 1 aromatic carbocycles. The lowest BCUT2D eigenvalue weighted by Crippen LogP contribution is -2.31. The number of ether oxygens (including phenoxy) is 1. The van der Waals surface area contributed by atoms with E-state index in [1.807, 2.05) is 35.0 Å². The highest BCUT2D eigenvalue weighted by Crippen LogP contribution is 2.36. The van der Waals surface area contributed by atoms with Gasteiger partial charge in [0.15, 0.2) is 6.61 Å². The van der Waals surface area contributed by atoms with Crippen molar-refractivity contribution >= 4 is 57.6 Å². The van der Waals surface area contributed by atoms with Crippen molar-refractivity contribution in [2.45, 2.75) is 12.5 Å². The van der Waals surface area contributed by atoms with Gasteiger partial charge in [-0.3, -0.25) is 4.79 Å². The number of benzene rings is 1. The minimum atomic E-state index is -0.643. The zero-order valence-corrected chi connectivity index (χ0v) is 17.5. The third-order valence-corrected chi connectivity index (χ3v) is 6.64. The van der Waals surface area contributed by atoms with Crippen molar-refractivity contribution in [3.63, 3.8) is 0 Å². The molecule has 3 heterocycles. The number of hydrazone groups is 1. The second-order valence-corrected chi connectivity index (χ2v) is 8.64. The summed E-state index contributed by atoms with van der Waals surface area (Å²) in [7, 11) is 0. The van der Waals surface area contributed by atoms with Crippen LogP contribution in [0.3, 0.4) is 0 Å². The van der Waals surface area contributed by atoms with E-state index in [4.69, 9.17) is 22.1 Å². The standard InChI is InChI=1S/C20H16ClN3O3S2/c21-13-6-5-12(9-14(13)22)20(26)27-11-19(25)24-16(18-4-2-8-29-18)10-15(23-24)17-3-1-7-28-17/h1-9,16H,10-11,22H2. The first kappa shape index (κ1) is 19.6. The predicted molar refractivity (Wildman–Crippen MR) is 116 cm³/mol. The Hall–Kier alpha value is -2.68.